The summed E-state index contributed by atoms with van der Waals surface area (Å²) < 4.78 is 7.91. The molecule has 1 aromatic heterocycles. The highest BCUT2D eigenvalue weighted by Crippen LogP contribution is 2.25. The molecule has 1 heterocycles. The molecule has 0 spiro atoms. The molecule has 16 heavy (non-hydrogen) atoms. The zero-order chi connectivity index (χ0) is 12.5. The predicted molar refractivity (Wildman–Crippen MR) is 68.6 cm³/mol. The zero-order valence-corrected chi connectivity index (χ0v) is 12.8. The number of aryl methyl sites for hydroxylation is 1. The van der Waals surface area contributed by atoms with Crippen LogP contribution in [0.25, 0.3) is 0 Å². The van der Waals surface area contributed by atoms with E-state index in [9.17, 15) is 4.79 Å². The van der Waals surface area contributed by atoms with Crippen LogP contribution >= 0.6 is 31.9 Å². The van der Waals surface area contributed by atoms with E-state index in [2.05, 4.69) is 36.8 Å². The molecule has 0 fully saturated rings. The summed E-state index contributed by atoms with van der Waals surface area (Å²) in [5.74, 6) is 0.660. The molecular weight excluding hydrogens is 340 g/mol. The third kappa shape index (κ3) is 3.07. The van der Waals surface area contributed by atoms with Gasteiger partial charge >= 0.3 is 6.09 Å². The monoisotopic (exact) mass is 352 g/mol. The van der Waals surface area contributed by atoms with Crippen molar-refractivity contribution in [1.82, 2.24) is 9.55 Å². The maximum absolute atomic E-state index is 11.9. The molecule has 0 saturated carbocycles. The molecule has 6 heteroatoms. The normalized spacial score (nSPS) is 11.6. The van der Waals surface area contributed by atoms with E-state index in [-0.39, 0.29) is 0 Å². The summed E-state index contributed by atoms with van der Waals surface area (Å²) in [4.78, 5) is 16.1. The van der Waals surface area contributed by atoms with E-state index in [0.717, 1.165) is 0 Å². The molecule has 0 aromatic carbocycles. The van der Waals surface area contributed by atoms with E-state index >= 15 is 0 Å². The Balaban J connectivity index is 3.08. The lowest BCUT2D eigenvalue weighted by Gasteiger charge is -2.20. The molecule has 0 aliphatic rings. The first kappa shape index (κ1) is 13.7. The topological polar surface area (TPSA) is 44.1 Å². The fourth-order valence-electron chi connectivity index (χ4n) is 1.15. The maximum atomic E-state index is 11.9. The average molecular weight is 354 g/mol. The van der Waals surface area contributed by atoms with Crippen LogP contribution in [0.3, 0.4) is 0 Å². The van der Waals surface area contributed by atoms with Gasteiger partial charge in [0.2, 0.25) is 0 Å². The van der Waals surface area contributed by atoms with E-state index in [1.54, 1.807) is 0 Å². The zero-order valence-electron chi connectivity index (χ0n) is 9.67. The molecule has 0 amide bonds. The van der Waals surface area contributed by atoms with Crippen molar-refractivity contribution in [3.63, 3.8) is 0 Å². The Morgan fingerprint density at radius 3 is 2.44 bits per heavy atom. The molecule has 0 atom stereocenters. The largest absolute Gasteiger partial charge is 0.443 e. The van der Waals surface area contributed by atoms with Gasteiger partial charge in [0.05, 0.1) is 0 Å². The number of imidazole rings is 1. The number of aromatic nitrogens is 2. The minimum Gasteiger partial charge on any atom is -0.443 e. The Morgan fingerprint density at radius 1 is 1.44 bits per heavy atom. The van der Waals surface area contributed by atoms with Crippen LogP contribution < -0.4 is 0 Å². The quantitative estimate of drug-likeness (QED) is 0.772. The summed E-state index contributed by atoms with van der Waals surface area (Å²) >= 11 is 6.57. The number of rotatable bonds is 1. The van der Waals surface area contributed by atoms with Crippen molar-refractivity contribution in [2.45, 2.75) is 39.7 Å². The Hall–Kier alpha value is -0.360. The average Bonchev–Trinajstić information content (AvgIpc) is 2.40. The summed E-state index contributed by atoms with van der Waals surface area (Å²) in [6, 6.07) is 0. The third-order valence-corrected chi connectivity index (χ3v) is 3.56. The number of carbonyl (C=O) groups is 1. The van der Waals surface area contributed by atoms with E-state index in [4.69, 9.17) is 4.74 Å². The number of hydrogen-bond acceptors (Lipinski definition) is 3. The molecule has 1 aromatic rings. The smallest absolute Gasteiger partial charge is 0.420 e. The minimum absolute atomic E-state index is 0.422. The van der Waals surface area contributed by atoms with Crippen LogP contribution in [0, 0.1) is 0 Å². The van der Waals surface area contributed by atoms with Gasteiger partial charge in [0.15, 0.2) is 0 Å². The van der Waals surface area contributed by atoms with Gasteiger partial charge in [-0.05, 0) is 52.6 Å². The molecule has 0 aliphatic heterocycles. The second-order valence-corrected chi connectivity index (χ2v) is 5.78. The van der Waals surface area contributed by atoms with Gasteiger partial charge in [-0.2, -0.15) is 0 Å². The van der Waals surface area contributed by atoms with Gasteiger partial charge in [-0.1, -0.05) is 6.92 Å². The molecular formula is C10H14Br2N2O2. The SMILES string of the molecule is CCc1nc(Br)c(Br)n1C(=O)OC(C)(C)C. The lowest BCUT2D eigenvalue weighted by atomic mass is 10.2. The van der Waals surface area contributed by atoms with Crippen molar-refractivity contribution < 1.29 is 9.53 Å². The number of ether oxygens (including phenoxy) is 1. The van der Waals surface area contributed by atoms with E-state index in [1.807, 2.05) is 27.7 Å². The molecule has 90 valence electrons. The minimum atomic E-state index is -0.516. The highest BCUT2D eigenvalue weighted by molar-refractivity contribution is 9.13. The third-order valence-electron chi connectivity index (χ3n) is 1.74. The summed E-state index contributed by atoms with van der Waals surface area (Å²) in [6.07, 6.45) is 0.234. The lowest BCUT2D eigenvalue weighted by molar-refractivity contribution is 0.0528. The molecule has 0 aliphatic carbocycles. The van der Waals surface area contributed by atoms with Gasteiger partial charge in [-0.15, -0.1) is 0 Å². The Labute approximate surface area is 112 Å². The van der Waals surface area contributed by atoms with Crippen molar-refractivity contribution in [1.29, 1.82) is 0 Å². The summed E-state index contributed by atoms with van der Waals surface area (Å²) in [6.45, 7) is 7.42. The Kier molecular flexibility index (Phi) is 4.17. The highest BCUT2D eigenvalue weighted by atomic mass is 79.9. The van der Waals surface area contributed by atoms with Crippen LogP contribution in [0.4, 0.5) is 4.79 Å². The second kappa shape index (κ2) is 4.87. The first-order valence-corrected chi connectivity index (χ1v) is 6.51. The fraction of sp³-hybridized carbons (Fsp3) is 0.600. The van der Waals surface area contributed by atoms with Gasteiger partial charge in [0, 0.05) is 6.42 Å². The van der Waals surface area contributed by atoms with Crippen LogP contribution in [0.2, 0.25) is 0 Å². The first-order valence-electron chi connectivity index (χ1n) is 4.92. The molecule has 4 nitrogen and oxygen atoms in total. The molecule has 0 saturated heterocycles. The summed E-state index contributed by atoms with van der Waals surface area (Å²) in [5, 5.41) is 0. The molecule has 0 N–H and O–H groups in total. The van der Waals surface area contributed by atoms with Crippen LogP contribution in [-0.2, 0) is 11.2 Å². The number of nitrogens with zero attached hydrogens (tertiary/aromatic N) is 2. The number of hydrogen-bond donors (Lipinski definition) is 0. The maximum Gasteiger partial charge on any atom is 0.420 e. The van der Waals surface area contributed by atoms with Crippen LogP contribution in [0.1, 0.15) is 33.5 Å². The van der Waals surface area contributed by atoms with E-state index in [0.29, 0.717) is 21.5 Å². The molecule has 0 unspecified atom stereocenters. The van der Waals surface area contributed by atoms with Crippen molar-refractivity contribution in [3.8, 4) is 0 Å². The van der Waals surface area contributed by atoms with Gasteiger partial charge in [-0.25, -0.2) is 14.3 Å². The van der Waals surface area contributed by atoms with Crippen molar-refractivity contribution in [2.24, 2.45) is 0 Å². The summed E-state index contributed by atoms with van der Waals surface area (Å²) in [5.41, 5.74) is -0.516. The van der Waals surface area contributed by atoms with E-state index in [1.165, 1.54) is 4.57 Å². The lowest BCUT2D eigenvalue weighted by Crippen LogP contribution is -2.28. The second-order valence-electron chi connectivity index (χ2n) is 4.28. The van der Waals surface area contributed by atoms with Gasteiger partial charge in [-0.3, -0.25) is 0 Å². The number of carbonyl (C=O) groups excluding carboxylic acids is 1. The first-order chi connectivity index (χ1) is 7.26. The van der Waals surface area contributed by atoms with Crippen LogP contribution in [0.5, 0.6) is 0 Å². The predicted octanol–water partition coefficient (Wildman–Crippen LogP) is 3.75. The standard InChI is InChI=1S/C10H14Br2N2O2/c1-5-6-13-7(11)8(12)14(6)9(15)16-10(2,3)4/h5H2,1-4H3. The number of halogens is 2. The highest BCUT2D eigenvalue weighted by Gasteiger charge is 2.23. The van der Waals surface area contributed by atoms with Gasteiger partial charge < -0.3 is 4.74 Å². The Bertz CT molecular complexity index is 408. The van der Waals surface area contributed by atoms with Crippen molar-refractivity contribution in [2.75, 3.05) is 0 Å². The fourth-order valence-corrected chi connectivity index (χ4v) is 1.97. The molecule has 1 rings (SSSR count). The molecule has 0 bridgehead atoms. The van der Waals surface area contributed by atoms with Crippen LogP contribution in [0.15, 0.2) is 9.21 Å². The summed E-state index contributed by atoms with van der Waals surface area (Å²) in [7, 11) is 0. The van der Waals surface area contributed by atoms with Gasteiger partial charge in [0.1, 0.15) is 20.6 Å². The van der Waals surface area contributed by atoms with Crippen LogP contribution in [-0.4, -0.2) is 21.2 Å². The van der Waals surface area contributed by atoms with E-state index < -0.39 is 11.7 Å². The molecule has 0 radical (unpaired) electrons. The van der Waals surface area contributed by atoms with Crippen molar-refractivity contribution >= 4 is 38.0 Å². The Morgan fingerprint density at radius 2 is 2.00 bits per heavy atom. The van der Waals surface area contributed by atoms with Gasteiger partial charge in [0.25, 0.3) is 0 Å². The van der Waals surface area contributed by atoms with Crippen molar-refractivity contribution in [3.05, 3.63) is 15.0 Å².